The molecule has 0 spiro atoms. The lowest BCUT2D eigenvalue weighted by molar-refractivity contribution is 0.261. The molecule has 78 valence electrons. The molecule has 5 nitrogen and oxygen atoms in total. The summed E-state index contributed by atoms with van der Waals surface area (Å²) in [6.07, 6.45) is 0. The van der Waals surface area contributed by atoms with Gasteiger partial charge in [0.2, 0.25) is 5.96 Å². The molecular weight excluding hydrogens is 166 g/mol. The smallest absolute Gasteiger partial charge is 0.213 e. The van der Waals surface area contributed by atoms with Gasteiger partial charge < -0.3 is 21.4 Å². The summed E-state index contributed by atoms with van der Waals surface area (Å²) in [5, 5.41) is 3.49. The Morgan fingerprint density at radius 3 is 2.31 bits per heavy atom. The molecular formula is C8H21N5. The van der Waals surface area contributed by atoms with Crippen LogP contribution in [0.1, 0.15) is 13.8 Å². The number of hydrogen-bond donors (Lipinski definition) is 2. The van der Waals surface area contributed by atoms with Crippen LogP contribution in [-0.2, 0) is 0 Å². The van der Waals surface area contributed by atoms with E-state index in [0.29, 0.717) is 12.0 Å². The van der Waals surface area contributed by atoms with Crippen molar-refractivity contribution in [2.75, 3.05) is 27.2 Å². The molecule has 5 heteroatoms. The summed E-state index contributed by atoms with van der Waals surface area (Å²) >= 11 is 0. The molecule has 0 aliphatic heterocycles. The van der Waals surface area contributed by atoms with Crippen molar-refractivity contribution >= 4 is 5.96 Å². The summed E-state index contributed by atoms with van der Waals surface area (Å²) in [7, 11) is 4.06. The zero-order valence-electron chi connectivity index (χ0n) is 8.99. The molecule has 0 fully saturated rings. The normalized spacial score (nSPS) is 14.7. The van der Waals surface area contributed by atoms with Gasteiger partial charge in [0.1, 0.15) is 0 Å². The lowest BCUT2D eigenvalue weighted by atomic mass is 10.3. The standard InChI is InChI=1S/C8H21N5/c1-5-13(8(9)11-10)7(2)6-12(3)4/h7H,5-6,10H2,1-4H3,(H2,9,11). The third kappa shape index (κ3) is 3.98. The molecule has 0 aliphatic rings. The highest BCUT2D eigenvalue weighted by molar-refractivity contribution is 5.77. The lowest BCUT2D eigenvalue weighted by Gasteiger charge is -2.30. The predicted octanol–water partition coefficient (Wildman–Crippen LogP) is -0.553. The predicted molar refractivity (Wildman–Crippen MR) is 56.2 cm³/mol. The first kappa shape index (κ1) is 12.0. The van der Waals surface area contributed by atoms with Gasteiger partial charge in [-0.1, -0.05) is 0 Å². The van der Waals surface area contributed by atoms with Crippen molar-refractivity contribution in [1.29, 1.82) is 0 Å². The van der Waals surface area contributed by atoms with E-state index in [1.807, 2.05) is 25.9 Å². The third-order valence-corrected chi connectivity index (χ3v) is 1.93. The van der Waals surface area contributed by atoms with Gasteiger partial charge in [-0.3, -0.25) is 0 Å². The van der Waals surface area contributed by atoms with Gasteiger partial charge in [0, 0.05) is 19.1 Å². The van der Waals surface area contributed by atoms with E-state index in [0.717, 1.165) is 13.1 Å². The minimum absolute atomic E-state index is 0.326. The molecule has 0 heterocycles. The first-order chi connectivity index (χ1) is 6.02. The van der Waals surface area contributed by atoms with Crippen molar-refractivity contribution in [3.05, 3.63) is 0 Å². The Balaban J connectivity index is 4.23. The van der Waals surface area contributed by atoms with Crippen molar-refractivity contribution < 1.29 is 0 Å². The maximum absolute atomic E-state index is 5.64. The fourth-order valence-electron chi connectivity index (χ4n) is 1.40. The van der Waals surface area contributed by atoms with Crippen LogP contribution >= 0.6 is 0 Å². The van der Waals surface area contributed by atoms with Gasteiger partial charge in [-0.05, 0) is 27.9 Å². The second kappa shape index (κ2) is 5.64. The monoisotopic (exact) mass is 187 g/mol. The van der Waals surface area contributed by atoms with E-state index in [2.05, 4.69) is 16.9 Å². The largest absolute Gasteiger partial charge is 0.368 e. The summed E-state index contributed by atoms with van der Waals surface area (Å²) in [6, 6.07) is 0.326. The molecule has 0 aromatic heterocycles. The number of likely N-dealkylation sites (N-methyl/N-ethyl adjacent to an activating group) is 2. The van der Waals surface area contributed by atoms with Crippen molar-refractivity contribution in [3.8, 4) is 0 Å². The zero-order valence-corrected chi connectivity index (χ0v) is 8.99. The number of hydrogen-bond acceptors (Lipinski definition) is 3. The van der Waals surface area contributed by atoms with Crippen LogP contribution in [0, 0.1) is 0 Å². The Labute approximate surface area is 80.4 Å². The van der Waals surface area contributed by atoms with Crippen LogP contribution in [0.5, 0.6) is 0 Å². The van der Waals surface area contributed by atoms with Gasteiger partial charge in [0.15, 0.2) is 0 Å². The van der Waals surface area contributed by atoms with Gasteiger partial charge in [-0.25, -0.2) is 0 Å². The topological polar surface area (TPSA) is 70.9 Å². The molecule has 0 saturated heterocycles. The number of guanidine groups is 1. The number of nitrogens with zero attached hydrogens (tertiary/aromatic N) is 3. The van der Waals surface area contributed by atoms with E-state index in [4.69, 9.17) is 11.6 Å². The fourth-order valence-corrected chi connectivity index (χ4v) is 1.40. The average Bonchev–Trinajstić information content (AvgIpc) is 2.03. The number of hydrazone groups is 1. The van der Waals surface area contributed by atoms with E-state index >= 15 is 0 Å². The summed E-state index contributed by atoms with van der Waals surface area (Å²) in [4.78, 5) is 4.08. The van der Waals surface area contributed by atoms with Crippen LogP contribution in [-0.4, -0.2) is 49.0 Å². The molecule has 0 bridgehead atoms. The van der Waals surface area contributed by atoms with Gasteiger partial charge in [0.25, 0.3) is 0 Å². The molecule has 0 saturated carbocycles. The molecule has 0 aliphatic carbocycles. The Morgan fingerprint density at radius 1 is 1.46 bits per heavy atom. The second-order valence-corrected chi connectivity index (χ2v) is 3.38. The molecule has 0 radical (unpaired) electrons. The maximum atomic E-state index is 5.64. The van der Waals surface area contributed by atoms with Crippen molar-refractivity contribution in [1.82, 2.24) is 9.80 Å². The van der Waals surface area contributed by atoms with Gasteiger partial charge in [-0.2, -0.15) is 0 Å². The maximum Gasteiger partial charge on any atom is 0.213 e. The van der Waals surface area contributed by atoms with E-state index < -0.39 is 0 Å². The van der Waals surface area contributed by atoms with E-state index in [-0.39, 0.29) is 0 Å². The lowest BCUT2D eigenvalue weighted by Crippen LogP contribution is -2.47. The van der Waals surface area contributed by atoms with Crippen LogP contribution in [0.2, 0.25) is 0 Å². The Kier molecular flexibility index (Phi) is 5.22. The van der Waals surface area contributed by atoms with E-state index in [1.165, 1.54) is 0 Å². The fraction of sp³-hybridized carbons (Fsp3) is 0.875. The molecule has 4 N–H and O–H groups in total. The van der Waals surface area contributed by atoms with Crippen LogP contribution in [0.4, 0.5) is 0 Å². The molecule has 0 rings (SSSR count). The van der Waals surface area contributed by atoms with Crippen LogP contribution in [0.25, 0.3) is 0 Å². The first-order valence-corrected chi connectivity index (χ1v) is 4.47. The van der Waals surface area contributed by atoms with Crippen molar-refractivity contribution in [2.24, 2.45) is 16.7 Å². The summed E-state index contributed by atoms with van der Waals surface area (Å²) in [5.41, 5.74) is 5.64. The molecule has 1 unspecified atom stereocenters. The minimum Gasteiger partial charge on any atom is -0.368 e. The number of nitrogens with two attached hydrogens (primary N) is 2. The summed E-state index contributed by atoms with van der Waals surface area (Å²) in [5.74, 6) is 5.52. The van der Waals surface area contributed by atoms with Crippen LogP contribution < -0.4 is 11.6 Å². The first-order valence-electron chi connectivity index (χ1n) is 4.47. The van der Waals surface area contributed by atoms with E-state index in [9.17, 15) is 0 Å². The highest BCUT2D eigenvalue weighted by Gasteiger charge is 2.14. The summed E-state index contributed by atoms with van der Waals surface area (Å²) < 4.78 is 0. The van der Waals surface area contributed by atoms with Crippen molar-refractivity contribution in [2.45, 2.75) is 19.9 Å². The van der Waals surface area contributed by atoms with Gasteiger partial charge in [-0.15, -0.1) is 5.10 Å². The average molecular weight is 187 g/mol. The van der Waals surface area contributed by atoms with E-state index in [1.54, 1.807) is 0 Å². The zero-order chi connectivity index (χ0) is 10.4. The summed E-state index contributed by atoms with van der Waals surface area (Å²) in [6.45, 7) is 5.89. The number of rotatable bonds is 4. The molecule has 0 aromatic rings. The molecule has 0 amide bonds. The van der Waals surface area contributed by atoms with Gasteiger partial charge >= 0.3 is 0 Å². The molecule has 1 atom stereocenters. The van der Waals surface area contributed by atoms with Crippen molar-refractivity contribution in [3.63, 3.8) is 0 Å². The van der Waals surface area contributed by atoms with Crippen LogP contribution in [0.15, 0.2) is 5.10 Å². The SMILES string of the molecule is CCN(C(N)=NN)C(C)CN(C)C. The Morgan fingerprint density at radius 2 is 2.00 bits per heavy atom. The third-order valence-electron chi connectivity index (χ3n) is 1.93. The van der Waals surface area contributed by atoms with Crippen LogP contribution in [0.3, 0.4) is 0 Å². The Hall–Kier alpha value is -0.970. The minimum atomic E-state index is 0.326. The quantitative estimate of drug-likeness (QED) is 0.268. The Bertz CT molecular complexity index is 166. The highest BCUT2D eigenvalue weighted by atomic mass is 15.3. The molecule has 13 heavy (non-hydrogen) atoms. The van der Waals surface area contributed by atoms with Gasteiger partial charge in [0.05, 0.1) is 0 Å². The second-order valence-electron chi connectivity index (χ2n) is 3.38. The highest BCUT2D eigenvalue weighted by Crippen LogP contribution is 1.98. The molecule has 0 aromatic carbocycles.